The van der Waals surface area contributed by atoms with Crippen molar-refractivity contribution < 1.29 is 9.53 Å². The summed E-state index contributed by atoms with van der Waals surface area (Å²) in [6.45, 7) is 8.73. The van der Waals surface area contributed by atoms with Gasteiger partial charge in [0.25, 0.3) is 0 Å². The van der Waals surface area contributed by atoms with Gasteiger partial charge in [-0.2, -0.15) is 0 Å². The topological polar surface area (TPSA) is 26.3 Å². The van der Waals surface area contributed by atoms with Crippen LogP contribution in [-0.2, 0) is 9.53 Å². The van der Waals surface area contributed by atoms with Gasteiger partial charge in [0.15, 0.2) is 0 Å². The van der Waals surface area contributed by atoms with Crippen molar-refractivity contribution in [2.75, 3.05) is 6.61 Å². The Balaban J connectivity index is 3.68. The van der Waals surface area contributed by atoms with E-state index in [0.29, 0.717) is 6.61 Å². The maximum atomic E-state index is 11.1. The molecule has 0 radical (unpaired) electrons. The first-order chi connectivity index (χ1) is 5.95. The summed E-state index contributed by atoms with van der Waals surface area (Å²) in [4.78, 5) is 11.1. The Kier molecular flexibility index (Phi) is 5.44. The monoisotopic (exact) mass is 184 g/mol. The van der Waals surface area contributed by atoms with Gasteiger partial charge in [0.1, 0.15) is 0 Å². The molecule has 0 amide bonds. The van der Waals surface area contributed by atoms with Gasteiger partial charge in [-0.15, -0.1) is 0 Å². The van der Waals surface area contributed by atoms with Crippen LogP contribution in [0.2, 0.25) is 0 Å². The van der Waals surface area contributed by atoms with Gasteiger partial charge in [0.2, 0.25) is 0 Å². The van der Waals surface area contributed by atoms with Crippen molar-refractivity contribution in [3.05, 3.63) is 12.2 Å². The van der Waals surface area contributed by atoms with Gasteiger partial charge in [0, 0.05) is 6.08 Å². The lowest BCUT2D eigenvalue weighted by molar-refractivity contribution is -0.137. The molecule has 0 atom stereocenters. The molecule has 0 aliphatic heterocycles. The first-order valence-corrected chi connectivity index (χ1v) is 4.81. The number of allylic oxidation sites excluding steroid dienone is 1. The highest BCUT2D eigenvalue weighted by atomic mass is 16.5. The van der Waals surface area contributed by atoms with E-state index in [9.17, 15) is 4.79 Å². The summed E-state index contributed by atoms with van der Waals surface area (Å²) >= 11 is 0. The lowest BCUT2D eigenvalue weighted by atomic mass is 9.96. The summed E-state index contributed by atoms with van der Waals surface area (Å²) in [5.74, 6) is -0.233. The molecule has 0 rings (SSSR count). The van der Waals surface area contributed by atoms with E-state index in [1.165, 1.54) is 6.08 Å². The highest BCUT2D eigenvalue weighted by Crippen LogP contribution is 2.14. The van der Waals surface area contributed by atoms with E-state index in [0.717, 1.165) is 12.8 Å². The average molecular weight is 184 g/mol. The molecule has 13 heavy (non-hydrogen) atoms. The Bertz CT molecular complexity index is 175. The van der Waals surface area contributed by atoms with Crippen molar-refractivity contribution >= 4 is 5.97 Å². The van der Waals surface area contributed by atoms with E-state index in [2.05, 4.69) is 6.92 Å². The average Bonchev–Trinajstić information content (AvgIpc) is 2.00. The highest BCUT2D eigenvalue weighted by Gasteiger charge is 2.05. The minimum Gasteiger partial charge on any atom is -0.463 e. The number of carbonyl (C=O) groups is 1. The van der Waals surface area contributed by atoms with Crippen LogP contribution in [0, 0.1) is 5.41 Å². The van der Waals surface area contributed by atoms with E-state index in [1.807, 2.05) is 26.8 Å². The number of hydrogen-bond donors (Lipinski definition) is 0. The Morgan fingerprint density at radius 3 is 2.46 bits per heavy atom. The molecule has 0 unspecified atom stereocenters. The molecule has 0 aliphatic carbocycles. The number of ether oxygens (including phenoxy) is 1. The molecule has 0 aliphatic rings. The molecule has 0 saturated carbocycles. The van der Waals surface area contributed by atoms with Crippen LogP contribution in [-0.4, -0.2) is 12.6 Å². The fourth-order valence-corrected chi connectivity index (χ4v) is 0.683. The SMILES string of the molecule is CCCCOC(=O)/C=C/C(C)(C)C. The fraction of sp³-hybridized carbons (Fsp3) is 0.727. The molecular formula is C11H20O2. The largest absolute Gasteiger partial charge is 0.463 e. The lowest BCUT2D eigenvalue weighted by Gasteiger charge is -2.10. The third kappa shape index (κ3) is 9.12. The molecule has 0 N–H and O–H groups in total. The van der Waals surface area contributed by atoms with Crippen LogP contribution in [0.3, 0.4) is 0 Å². The smallest absolute Gasteiger partial charge is 0.330 e. The van der Waals surface area contributed by atoms with E-state index >= 15 is 0 Å². The molecule has 0 heterocycles. The number of hydrogen-bond acceptors (Lipinski definition) is 2. The zero-order valence-corrected chi connectivity index (χ0v) is 9.09. The summed E-state index contributed by atoms with van der Waals surface area (Å²) < 4.78 is 4.95. The van der Waals surface area contributed by atoms with Crippen LogP contribution < -0.4 is 0 Å². The lowest BCUT2D eigenvalue weighted by Crippen LogP contribution is -2.05. The standard InChI is InChI=1S/C11H20O2/c1-5-6-9-13-10(12)7-8-11(2,3)4/h7-8H,5-6,9H2,1-4H3/b8-7+. The predicted molar refractivity (Wildman–Crippen MR) is 54.5 cm³/mol. The van der Waals surface area contributed by atoms with E-state index in [-0.39, 0.29) is 11.4 Å². The Morgan fingerprint density at radius 2 is 2.00 bits per heavy atom. The number of carbonyl (C=O) groups excluding carboxylic acids is 1. The summed E-state index contributed by atoms with van der Waals surface area (Å²) in [6.07, 6.45) is 5.36. The molecule has 2 nitrogen and oxygen atoms in total. The molecule has 0 spiro atoms. The predicted octanol–water partition coefficient (Wildman–Crippen LogP) is 2.93. The Morgan fingerprint density at radius 1 is 1.38 bits per heavy atom. The second-order valence-corrected chi connectivity index (χ2v) is 4.22. The van der Waals surface area contributed by atoms with Crippen molar-refractivity contribution in [3.63, 3.8) is 0 Å². The maximum Gasteiger partial charge on any atom is 0.330 e. The van der Waals surface area contributed by atoms with Crippen LogP contribution in [0.25, 0.3) is 0 Å². The van der Waals surface area contributed by atoms with Gasteiger partial charge in [-0.1, -0.05) is 40.2 Å². The van der Waals surface area contributed by atoms with Crippen LogP contribution in [0.15, 0.2) is 12.2 Å². The summed E-state index contributed by atoms with van der Waals surface area (Å²) in [5.41, 5.74) is 0.0454. The Hall–Kier alpha value is -0.790. The molecule has 0 bridgehead atoms. The zero-order valence-electron chi connectivity index (χ0n) is 9.09. The Labute approximate surface area is 81.0 Å². The molecule has 2 heteroatoms. The zero-order chi connectivity index (χ0) is 10.3. The highest BCUT2D eigenvalue weighted by molar-refractivity contribution is 5.81. The van der Waals surface area contributed by atoms with E-state index in [4.69, 9.17) is 4.74 Å². The normalized spacial score (nSPS) is 12.0. The van der Waals surface area contributed by atoms with Crippen LogP contribution >= 0.6 is 0 Å². The molecule has 0 fully saturated rings. The van der Waals surface area contributed by atoms with Gasteiger partial charge in [-0.25, -0.2) is 4.79 Å². The third-order valence-electron chi connectivity index (χ3n) is 1.46. The maximum absolute atomic E-state index is 11.1. The van der Waals surface area contributed by atoms with Crippen LogP contribution in [0.1, 0.15) is 40.5 Å². The molecule has 0 aromatic carbocycles. The van der Waals surface area contributed by atoms with Crippen molar-refractivity contribution in [2.24, 2.45) is 5.41 Å². The van der Waals surface area contributed by atoms with Crippen molar-refractivity contribution in [1.29, 1.82) is 0 Å². The quantitative estimate of drug-likeness (QED) is 0.381. The molecule has 0 saturated heterocycles. The summed E-state index contributed by atoms with van der Waals surface area (Å²) in [7, 11) is 0. The molecule has 0 aromatic heterocycles. The second kappa shape index (κ2) is 5.79. The number of unbranched alkanes of at least 4 members (excludes halogenated alkanes) is 1. The van der Waals surface area contributed by atoms with Crippen molar-refractivity contribution in [2.45, 2.75) is 40.5 Å². The van der Waals surface area contributed by atoms with E-state index in [1.54, 1.807) is 0 Å². The van der Waals surface area contributed by atoms with Gasteiger partial charge in [-0.3, -0.25) is 0 Å². The fourth-order valence-electron chi connectivity index (χ4n) is 0.683. The molecule has 76 valence electrons. The van der Waals surface area contributed by atoms with Gasteiger partial charge in [-0.05, 0) is 11.8 Å². The second-order valence-electron chi connectivity index (χ2n) is 4.22. The first kappa shape index (κ1) is 12.2. The van der Waals surface area contributed by atoms with Gasteiger partial charge in [0.05, 0.1) is 6.61 Å². The van der Waals surface area contributed by atoms with Crippen LogP contribution in [0.4, 0.5) is 0 Å². The molecule has 0 aromatic rings. The first-order valence-electron chi connectivity index (χ1n) is 4.81. The van der Waals surface area contributed by atoms with E-state index < -0.39 is 0 Å². The molecular weight excluding hydrogens is 164 g/mol. The number of esters is 1. The number of rotatable bonds is 4. The van der Waals surface area contributed by atoms with Gasteiger partial charge < -0.3 is 4.74 Å². The van der Waals surface area contributed by atoms with Crippen molar-refractivity contribution in [3.8, 4) is 0 Å². The minimum atomic E-state index is -0.233. The summed E-state index contributed by atoms with van der Waals surface area (Å²) in [6, 6.07) is 0. The van der Waals surface area contributed by atoms with Crippen LogP contribution in [0.5, 0.6) is 0 Å². The minimum absolute atomic E-state index is 0.0454. The van der Waals surface area contributed by atoms with Gasteiger partial charge >= 0.3 is 5.97 Å². The summed E-state index contributed by atoms with van der Waals surface area (Å²) in [5, 5.41) is 0. The van der Waals surface area contributed by atoms with Crippen molar-refractivity contribution in [1.82, 2.24) is 0 Å². The third-order valence-corrected chi connectivity index (χ3v) is 1.46.